The minimum Gasteiger partial charge on any atom is -0.379 e. The number of H-pyrrole nitrogens is 1. The van der Waals surface area contributed by atoms with Crippen LogP contribution in [0.25, 0.3) is 11.2 Å². The Morgan fingerprint density at radius 3 is 2.60 bits per heavy atom. The molecule has 2 fully saturated rings. The van der Waals surface area contributed by atoms with E-state index in [9.17, 15) is 4.79 Å². The molecular weight excluding hydrogens is 577 g/mol. The molecule has 0 aliphatic carbocycles. The van der Waals surface area contributed by atoms with E-state index in [1.165, 1.54) is 6.33 Å². The average Bonchev–Trinajstić information content (AvgIpc) is 3.53. The number of nitrogens with one attached hydrogen (secondary N) is 1. The van der Waals surface area contributed by atoms with Gasteiger partial charge in [-0.2, -0.15) is 10.2 Å². The SMILES string of the molecule is COC1C(OP(OCCC#N)N(C(C)C)C(C)C)[C@@H](CN2CCOCC2)O[C@H]1n1cnc2c(=O)[nH]c(N=CN(C)C)nc21. The van der Waals surface area contributed by atoms with Crippen LogP contribution in [0.5, 0.6) is 0 Å². The molecule has 2 saturated heterocycles. The van der Waals surface area contributed by atoms with Gasteiger partial charge in [-0.05, 0) is 27.7 Å². The van der Waals surface area contributed by atoms with Gasteiger partial charge in [-0.3, -0.25) is 19.2 Å². The summed E-state index contributed by atoms with van der Waals surface area (Å²) in [5, 5.41) is 9.17. The fourth-order valence-electron chi connectivity index (χ4n) is 5.23. The van der Waals surface area contributed by atoms with Crippen molar-refractivity contribution in [2.45, 2.75) is 70.7 Å². The van der Waals surface area contributed by atoms with Crippen LogP contribution in [0, 0.1) is 11.3 Å². The van der Waals surface area contributed by atoms with Gasteiger partial charge in [0.15, 0.2) is 17.4 Å². The van der Waals surface area contributed by atoms with Gasteiger partial charge < -0.3 is 28.2 Å². The Hall–Kier alpha value is -2.54. The summed E-state index contributed by atoms with van der Waals surface area (Å²) in [4.78, 5) is 32.8. The van der Waals surface area contributed by atoms with Gasteiger partial charge in [0.25, 0.3) is 14.1 Å². The second-order valence-electron chi connectivity index (χ2n) is 11.2. The predicted octanol–water partition coefficient (Wildman–Crippen LogP) is 2.25. The minimum atomic E-state index is -1.58. The normalized spacial score (nSPS) is 24.1. The monoisotopic (exact) mass is 621 g/mol. The van der Waals surface area contributed by atoms with E-state index in [1.807, 2.05) is 14.1 Å². The number of aromatic amines is 1. The lowest BCUT2D eigenvalue weighted by Crippen LogP contribution is -2.46. The van der Waals surface area contributed by atoms with E-state index < -0.39 is 38.6 Å². The van der Waals surface area contributed by atoms with Crippen LogP contribution < -0.4 is 5.56 Å². The quantitative estimate of drug-likeness (QED) is 0.142. The van der Waals surface area contributed by atoms with Gasteiger partial charge in [0.1, 0.15) is 18.3 Å². The van der Waals surface area contributed by atoms with E-state index in [2.05, 4.69) is 63.3 Å². The molecule has 4 heterocycles. The van der Waals surface area contributed by atoms with Crippen LogP contribution in [0.2, 0.25) is 0 Å². The molecule has 2 aliphatic rings. The Labute approximate surface area is 253 Å². The maximum Gasteiger partial charge on any atom is 0.280 e. The van der Waals surface area contributed by atoms with Crippen molar-refractivity contribution < 1.29 is 23.3 Å². The predicted molar refractivity (Wildman–Crippen MR) is 162 cm³/mol. The Balaban J connectivity index is 1.72. The van der Waals surface area contributed by atoms with E-state index in [4.69, 9.17) is 28.5 Å². The summed E-state index contributed by atoms with van der Waals surface area (Å²) in [7, 11) is 3.69. The molecule has 4 rings (SSSR count). The number of morpholine rings is 1. The highest BCUT2D eigenvalue weighted by atomic mass is 31.2. The standard InChI is InChI=1S/C27H44N9O6P/c1-18(2)36(19(3)4)43(40-12-8-9-28)42-22-20(15-34-10-13-39-14-11-34)41-26(23(22)38-7)35-17-29-21-24(35)31-27(32-25(21)37)30-16-33(5)6/h16-20,22-23,26H,8,10-15H2,1-7H3,(H,31,32,37)/t20-,22?,23?,26-,43?/m1/s1. The first-order valence-corrected chi connectivity index (χ1v) is 15.7. The lowest BCUT2D eigenvalue weighted by Gasteiger charge is -2.38. The summed E-state index contributed by atoms with van der Waals surface area (Å²) in [6, 6.07) is 2.40. The Kier molecular flexibility index (Phi) is 12.0. The zero-order valence-electron chi connectivity index (χ0n) is 26.0. The molecule has 5 atom stereocenters. The molecule has 43 heavy (non-hydrogen) atoms. The topological polar surface area (TPSA) is 156 Å². The van der Waals surface area contributed by atoms with Gasteiger partial charge in [-0.1, -0.05) is 0 Å². The molecule has 2 aromatic rings. The Bertz CT molecular complexity index is 1300. The van der Waals surface area contributed by atoms with Crippen LogP contribution in [0.4, 0.5) is 5.95 Å². The third-order valence-electron chi connectivity index (χ3n) is 7.08. The van der Waals surface area contributed by atoms with Crippen LogP contribution in [-0.4, -0.2) is 131 Å². The minimum absolute atomic E-state index is 0.125. The molecule has 0 spiro atoms. The number of nitriles is 1. The average molecular weight is 622 g/mol. The molecular formula is C27H44N9O6P. The third-order valence-corrected chi connectivity index (χ3v) is 9.21. The molecule has 0 radical (unpaired) electrons. The highest BCUT2D eigenvalue weighted by molar-refractivity contribution is 7.44. The number of rotatable bonds is 14. The van der Waals surface area contributed by atoms with E-state index in [0.717, 1.165) is 13.1 Å². The lowest BCUT2D eigenvalue weighted by molar-refractivity contribution is -0.0603. The van der Waals surface area contributed by atoms with Crippen LogP contribution in [0.3, 0.4) is 0 Å². The summed E-state index contributed by atoms with van der Waals surface area (Å²) < 4.78 is 35.4. The number of imidazole rings is 1. The van der Waals surface area contributed by atoms with E-state index >= 15 is 0 Å². The fraction of sp³-hybridized carbons (Fsp3) is 0.741. The number of methoxy groups -OCH3 is 1. The molecule has 15 nitrogen and oxygen atoms in total. The summed E-state index contributed by atoms with van der Waals surface area (Å²) in [5.41, 5.74) is 0.0912. The number of hydrogen-bond acceptors (Lipinski definition) is 12. The van der Waals surface area contributed by atoms with Crippen LogP contribution in [-0.2, 0) is 23.3 Å². The summed E-state index contributed by atoms with van der Waals surface area (Å²) in [5.74, 6) is 0.150. The highest BCUT2D eigenvalue weighted by Crippen LogP contribution is 2.50. The maximum atomic E-state index is 12.9. The number of aromatic nitrogens is 4. The van der Waals surface area contributed by atoms with Crippen LogP contribution in [0.15, 0.2) is 16.1 Å². The first-order valence-electron chi connectivity index (χ1n) is 14.5. The van der Waals surface area contributed by atoms with E-state index in [-0.39, 0.29) is 36.6 Å². The van der Waals surface area contributed by atoms with E-state index in [1.54, 1.807) is 22.9 Å². The number of fused-ring (bicyclic) bond motifs is 1. The molecule has 238 valence electrons. The molecule has 0 saturated carbocycles. The van der Waals surface area contributed by atoms with Crippen molar-refractivity contribution >= 4 is 32.0 Å². The molecule has 16 heteroatoms. The first-order chi connectivity index (χ1) is 20.6. The van der Waals surface area contributed by atoms with Crippen molar-refractivity contribution in [1.82, 2.24) is 34.0 Å². The van der Waals surface area contributed by atoms with E-state index in [0.29, 0.717) is 25.4 Å². The van der Waals surface area contributed by atoms with Gasteiger partial charge in [0.05, 0.1) is 45.0 Å². The lowest BCUT2D eigenvalue weighted by atomic mass is 10.1. The third kappa shape index (κ3) is 8.14. The van der Waals surface area contributed by atoms with Gasteiger partial charge in [-0.25, -0.2) is 14.6 Å². The first kappa shape index (κ1) is 33.4. The molecule has 1 N–H and O–H groups in total. The zero-order chi connectivity index (χ0) is 31.1. The molecule has 2 aliphatic heterocycles. The Morgan fingerprint density at radius 1 is 1.26 bits per heavy atom. The largest absolute Gasteiger partial charge is 0.379 e. The number of nitrogens with zero attached hydrogens (tertiary/aromatic N) is 8. The Morgan fingerprint density at radius 2 is 1.98 bits per heavy atom. The molecule has 3 unspecified atom stereocenters. The smallest absolute Gasteiger partial charge is 0.280 e. The van der Waals surface area contributed by atoms with Gasteiger partial charge in [0, 0.05) is 52.9 Å². The van der Waals surface area contributed by atoms with Crippen molar-refractivity contribution in [2.75, 3.05) is 60.7 Å². The maximum absolute atomic E-state index is 12.9. The van der Waals surface area contributed by atoms with Crippen molar-refractivity contribution in [3.8, 4) is 6.07 Å². The zero-order valence-corrected chi connectivity index (χ0v) is 26.9. The summed E-state index contributed by atoms with van der Waals surface area (Å²) in [6.45, 7) is 12.0. The van der Waals surface area contributed by atoms with Crippen molar-refractivity contribution in [1.29, 1.82) is 5.26 Å². The number of hydrogen-bond donors (Lipinski definition) is 1. The second-order valence-corrected chi connectivity index (χ2v) is 12.6. The van der Waals surface area contributed by atoms with Gasteiger partial charge in [-0.15, -0.1) is 0 Å². The van der Waals surface area contributed by atoms with Gasteiger partial charge >= 0.3 is 0 Å². The highest BCUT2D eigenvalue weighted by Gasteiger charge is 2.50. The van der Waals surface area contributed by atoms with Crippen LogP contribution in [0.1, 0.15) is 40.3 Å². The molecule has 0 bridgehead atoms. The van der Waals surface area contributed by atoms with Crippen molar-refractivity contribution in [3.63, 3.8) is 0 Å². The number of aliphatic imine (C=N–C) groups is 1. The molecule has 0 amide bonds. The number of ether oxygens (including phenoxy) is 3. The van der Waals surface area contributed by atoms with Crippen molar-refractivity contribution in [2.24, 2.45) is 4.99 Å². The van der Waals surface area contributed by atoms with Crippen molar-refractivity contribution in [3.05, 3.63) is 16.7 Å². The summed E-state index contributed by atoms with van der Waals surface area (Å²) >= 11 is 0. The fourth-order valence-corrected chi connectivity index (χ4v) is 6.99. The summed E-state index contributed by atoms with van der Waals surface area (Å²) in [6.07, 6.45) is 1.10. The van der Waals surface area contributed by atoms with Gasteiger partial charge in [0.2, 0.25) is 5.95 Å². The second kappa shape index (κ2) is 15.5. The molecule has 0 aromatic carbocycles. The molecule has 2 aromatic heterocycles. The van der Waals surface area contributed by atoms with Crippen LogP contribution >= 0.6 is 8.53 Å².